The van der Waals surface area contributed by atoms with Crippen molar-refractivity contribution in [2.45, 2.75) is 0 Å². The van der Waals surface area contributed by atoms with Crippen molar-refractivity contribution in [1.29, 1.82) is 0 Å². The van der Waals surface area contributed by atoms with Crippen molar-refractivity contribution < 1.29 is 13.9 Å². The molecular formula is C17H13N3O4. The van der Waals surface area contributed by atoms with Gasteiger partial charge in [-0.2, -0.15) is 0 Å². The van der Waals surface area contributed by atoms with Gasteiger partial charge in [-0.1, -0.05) is 17.2 Å². The SMILES string of the molecule is COc1ccc(-c2c(N=[N+]=[N-])c3ccc(OC)cc3oc2=O)cc1. The molecule has 7 heteroatoms. The number of hydrogen-bond acceptors (Lipinski definition) is 5. The van der Waals surface area contributed by atoms with Crippen molar-refractivity contribution in [2.24, 2.45) is 5.11 Å². The van der Waals surface area contributed by atoms with Crippen molar-refractivity contribution in [2.75, 3.05) is 14.2 Å². The van der Waals surface area contributed by atoms with Crippen LogP contribution in [0.1, 0.15) is 0 Å². The van der Waals surface area contributed by atoms with Gasteiger partial charge in [0.05, 0.1) is 25.5 Å². The Labute approximate surface area is 136 Å². The van der Waals surface area contributed by atoms with Crippen molar-refractivity contribution in [3.05, 3.63) is 63.3 Å². The zero-order valence-corrected chi connectivity index (χ0v) is 13.0. The van der Waals surface area contributed by atoms with E-state index in [9.17, 15) is 4.79 Å². The minimum atomic E-state index is -0.594. The molecule has 1 aromatic heterocycles. The maximum Gasteiger partial charge on any atom is 0.344 e. The van der Waals surface area contributed by atoms with Gasteiger partial charge in [-0.05, 0) is 35.4 Å². The summed E-state index contributed by atoms with van der Waals surface area (Å²) >= 11 is 0. The third-order valence-corrected chi connectivity index (χ3v) is 3.61. The fraction of sp³-hybridized carbons (Fsp3) is 0.118. The van der Waals surface area contributed by atoms with Gasteiger partial charge in [0.25, 0.3) is 0 Å². The van der Waals surface area contributed by atoms with Crippen LogP contribution in [0.25, 0.3) is 32.5 Å². The Kier molecular flexibility index (Phi) is 4.09. The number of rotatable bonds is 4. The van der Waals surface area contributed by atoms with Crippen LogP contribution in [0.15, 0.2) is 56.8 Å². The van der Waals surface area contributed by atoms with Gasteiger partial charge < -0.3 is 13.9 Å². The second kappa shape index (κ2) is 6.36. The van der Waals surface area contributed by atoms with E-state index >= 15 is 0 Å². The van der Waals surface area contributed by atoms with Gasteiger partial charge in [0.2, 0.25) is 0 Å². The minimum absolute atomic E-state index is 0.202. The molecule has 0 fully saturated rings. The van der Waals surface area contributed by atoms with Gasteiger partial charge in [0, 0.05) is 16.4 Å². The number of ether oxygens (including phenoxy) is 2. The molecule has 0 amide bonds. The molecule has 0 saturated heterocycles. The highest BCUT2D eigenvalue weighted by Gasteiger charge is 2.16. The fourth-order valence-electron chi connectivity index (χ4n) is 2.45. The van der Waals surface area contributed by atoms with Crippen LogP contribution in [0.5, 0.6) is 11.5 Å². The van der Waals surface area contributed by atoms with E-state index in [4.69, 9.17) is 19.4 Å². The topological polar surface area (TPSA) is 97.4 Å². The van der Waals surface area contributed by atoms with Crippen molar-refractivity contribution in [3.63, 3.8) is 0 Å². The van der Waals surface area contributed by atoms with Crippen LogP contribution in [0.4, 0.5) is 5.69 Å². The lowest BCUT2D eigenvalue weighted by molar-refractivity contribution is 0.414. The molecule has 0 saturated carbocycles. The average molecular weight is 323 g/mol. The molecular weight excluding hydrogens is 310 g/mol. The van der Waals surface area contributed by atoms with Crippen LogP contribution in [-0.2, 0) is 0 Å². The third-order valence-electron chi connectivity index (χ3n) is 3.61. The molecule has 24 heavy (non-hydrogen) atoms. The monoisotopic (exact) mass is 323 g/mol. The lowest BCUT2D eigenvalue weighted by Gasteiger charge is -2.09. The molecule has 2 aromatic carbocycles. The Morgan fingerprint density at radius 3 is 2.33 bits per heavy atom. The molecule has 0 aliphatic carbocycles. The van der Waals surface area contributed by atoms with Crippen LogP contribution in [-0.4, -0.2) is 14.2 Å². The molecule has 3 aromatic rings. The quantitative estimate of drug-likeness (QED) is 0.307. The second-order valence-electron chi connectivity index (χ2n) is 4.89. The molecule has 7 nitrogen and oxygen atoms in total. The van der Waals surface area contributed by atoms with E-state index < -0.39 is 5.63 Å². The minimum Gasteiger partial charge on any atom is -0.497 e. The number of nitrogens with zero attached hydrogens (tertiary/aromatic N) is 3. The zero-order valence-electron chi connectivity index (χ0n) is 13.0. The number of methoxy groups -OCH3 is 2. The summed E-state index contributed by atoms with van der Waals surface area (Å²) < 4.78 is 15.6. The predicted octanol–water partition coefficient (Wildman–Crippen LogP) is 4.42. The molecule has 120 valence electrons. The average Bonchev–Trinajstić information content (AvgIpc) is 2.61. The molecule has 0 aliphatic rings. The standard InChI is InChI=1S/C17H13N3O4/c1-22-11-5-3-10(4-6-11)15-16(19-20-18)13-8-7-12(23-2)9-14(13)24-17(15)21/h3-9H,1-2H3. The molecule has 0 radical (unpaired) electrons. The van der Waals surface area contributed by atoms with E-state index in [1.807, 2.05) is 0 Å². The number of hydrogen-bond donors (Lipinski definition) is 0. The van der Waals surface area contributed by atoms with E-state index in [0.29, 0.717) is 28.0 Å². The Hall–Kier alpha value is -3.44. The summed E-state index contributed by atoms with van der Waals surface area (Å²) in [6.07, 6.45) is 0. The molecule has 0 bridgehead atoms. The smallest absolute Gasteiger partial charge is 0.344 e. The first-order valence-electron chi connectivity index (χ1n) is 7.02. The van der Waals surface area contributed by atoms with Crippen molar-refractivity contribution in [1.82, 2.24) is 0 Å². The largest absolute Gasteiger partial charge is 0.497 e. The maximum atomic E-state index is 12.5. The maximum absolute atomic E-state index is 12.5. The van der Waals surface area contributed by atoms with E-state index in [1.165, 1.54) is 7.11 Å². The first kappa shape index (κ1) is 15.5. The van der Waals surface area contributed by atoms with E-state index in [2.05, 4.69) is 10.0 Å². The Morgan fingerprint density at radius 2 is 1.71 bits per heavy atom. The van der Waals surface area contributed by atoms with Gasteiger partial charge >= 0.3 is 5.63 Å². The Bertz CT molecular complexity index is 1000. The van der Waals surface area contributed by atoms with Gasteiger partial charge in [-0.3, -0.25) is 0 Å². The van der Waals surface area contributed by atoms with E-state index in [1.54, 1.807) is 49.6 Å². The first-order valence-corrected chi connectivity index (χ1v) is 7.02. The van der Waals surface area contributed by atoms with Crippen LogP contribution < -0.4 is 15.1 Å². The summed E-state index contributed by atoms with van der Waals surface area (Å²) in [6.45, 7) is 0. The van der Waals surface area contributed by atoms with Gasteiger partial charge in [-0.25, -0.2) is 4.79 Å². The number of benzene rings is 2. The van der Waals surface area contributed by atoms with Gasteiger partial charge in [0.15, 0.2) is 0 Å². The molecule has 1 heterocycles. The van der Waals surface area contributed by atoms with E-state index in [0.717, 1.165) is 0 Å². The number of azide groups is 1. The molecule has 0 atom stereocenters. The van der Waals surface area contributed by atoms with Crippen LogP contribution in [0, 0.1) is 0 Å². The highest BCUT2D eigenvalue weighted by atomic mass is 16.5. The van der Waals surface area contributed by atoms with Crippen LogP contribution in [0.3, 0.4) is 0 Å². The molecule has 0 unspecified atom stereocenters. The van der Waals surface area contributed by atoms with Gasteiger partial charge in [-0.15, -0.1) is 0 Å². The number of fused-ring (bicyclic) bond motifs is 1. The molecule has 0 N–H and O–H groups in total. The zero-order chi connectivity index (χ0) is 17.1. The Morgan fingerprint density at radius 1 is 1.04 bits per heavy atom. The summed E-state index contributed by atoms with van der Waals surface area (Å²) in [4.78, 5) is 15.3. The van der Waals surface area contributed by atoms with Crippen LogP contribution >= 0.6 is 0 Å². The van der Waals surface area contributed by atoms with Crippen molar-refractivity contribution >= 4 is 16.7 Å². The third kappa shape index (κ3) is 2.64. The highest BCUT2D eigenvalue weighted by molar-refractivity contribution is 5.96. The molecule has 3 rings (SSSR count). The van der Waals surface area contributed by atoms with E-state index in [-0.39, 0.29) is 11.3 Å². The summed E-state index contributed by atoms with van der Waals surface area (Å²) in [5.74, 6) is 1.19. The Balaban J connectivity index is 2.33. The summed E-state index contributed by atoms with van der Waals surface area (Å²) in [7, 11) is 3.07. The lowest BCUT2D eigenvalue weighted by Crippen LogP contribution is -2.03. The fourth-order valence-corrected chi connectivity index (χ4v) is 2.45. The van der Waals surface area contributed by atoms with Crippen LogP contribution in [0.2, 0.25) is 0 Å². The normalized spacial score (nSPS) is 10.2. The summed E-state index contributed by atoms with van der Waals surface area (Å²) in [5.41, 5.74) is 9.60. The summed E-state index contributed by atoms with van der Waals surface area (Å²) in [5, 5.41) is 4.25. The van der Waals surface area contributed by atoms with Crippen molar-refractivity contribution in [3.8, 4) is 22.6 Å². The summed E-state index contributed by atoms with van der Waals surface area (Å²) in [6, 6.07) is 11.8. The second-order valence-corrected chi connectivity index (χ2v) is 4.89. The predicted molar refractivity (Wildman–Crippen MR) is 89.8 cm³/mol. The van der Waals surface area contributed by atoms with Gasteiger partial charge in [0.1, 0.15) is 17.1 Å². The highest BCUT2D eigenvalue weighted by Crippen LogP contribution is 2.36. The lowest BCUT2D eigenvalue weighted by atomic mass is 10.0. The first-order chi connectivity index (χ1) is 11.7. The molecule has 0 spiro atoms. The molecule has 0 aliphatic heterocycles.